The van der Waals surface area contributed by atoms with E-state index in [0.29, 0.717) is 5.92 Å². The van der Waals surface area contributed by atoms with Gasteiger partial charge in [0.25, 0.3) is 0 Å². The predicted molar refractivity (Wildman–Crippen MR) is 205 cm³/mol. The Morgan fingerprint density at radius 2 is 1.08 bits per heavy atom. The molecule has 5 aromatic carbocycles. The Balaban J connectivity index is 1.32. The Morgan fingerprint density at radius 3 is 1.55 bits per heavy atom. The Hall–Kier alpha value is -4.70. The SMILES string of the molecule is CCCCCc1cccc(C2CCC(c3ccc(Oc4ccc(N)cc4C)c(C)c3)(c3ccc(Oc4ccc(N)cc4C)c(C)c3)CC2)c1. The molecule has 0 amide bonds. The van der Waals surface area contributed by atoms with Crippen LogP contribution < -0.4 is 20.9 Å². The highest BCUT2D eigenvalue weighted by atomic mass is 16.5. The van der Waals surface area contributed by atoms with Crippen molar-refractivity contribution < 1.29 is 9.47 Å². The van der Waals surface area contributed by atoms with Crippen molar-refractivity contribution in [2.75, 3.05) is 11.5 Å². The largest absolute Gasteiger partial charge is 0.457 e. The molecule has 0 heterocycles. The number of aryl methyl sites for hydroxylation is 5. The van der Waals surface area contributed by atoms with Crippen LogP contribution in [0.3, 0.4) is 0 Å². The molecule has 4 heteroatoms. The van der Waals surface area contributed by atoms with Crippen LogP contribution in [0.4, 0.5) is 11.4 Å². The normalized spacial score (nSPS) is 14.5. The van der Waals surface area contributed by atoms with Crippen molar-refractivity contribution >= 4 is 11.4 Å². The third kappa shape index (κ3) is 7.64. The molecule has 4 N–H and O–H groups in total. The Morgan fingerprint density at radius 1 is 0.592 bits per heavy atom. The van der Waals surface area contributed by atoms with Gasteiger partial charge in [-0.2, -0.15) is 0 Å². The van der Waals surface area contributed by atoms with Crippen LogP contribution in [0.5, 0.6) is 23.0 Å². The maximum atomic E-state index is 6.43. The minimum Gasteiger partial charge on any atom is -0.457 e. The Labute approximate surface area is 293 Å². The molecule has 5 aromatic rings. The van der Waals surface area contributed by atoms with Crippen LogP contribution in [0.25, 0.3) is 0 Å². The summed E-state index contributed by atoms with van der Waals surface area (Å²) in [5.41, 5.74) is 23.4. The number of ether oxygens (including phenoxy) is 2. The fourth-order valence-electron chi connectivity index (χ4n) is 7.70. The molecule has 0 unspecified atom stereocenters. The third-order valence-electron chi connectivity index (χ3n) is 10.6. The summed E-state index contributed by atoms with van der Waals surface area (Å²) in [6.45, 7) is 10.7. The van der Waals surface area contributed by atoms with Crippen molar-refractivity contribution in [3.05, 3.63) is 142 Å². The van der Waals surface area contributed by atoms with E-state index in [0.717, 1.165) is 82.3 Å². The molecule has 0 bridgehead atoms. The zero-order chi connectivity index (χ0) is 34.5. The smallest absolute Gasteiger partial charge is 0.130 e. The number of hydrogen-bond donors (Lipinski definition) is 2. The molecule has 0 saturated heterocycles. The van der Waals surface area contributed by atoms with Gasteiger partial charge in [-0.05, 0) is 165 Å². The van der Waals surface area contributed by atoms with E-state index in [9.17, 15) is 0 Å². The minimum absolute atomic E-state index is 0.115. The zero-order valence-electron chi connectivity index (χ0n) is 29.9. The fourth-order valence-corrected chi connectivity index (χ4v) is 7.70. The first-order valence-electron chi connectivity index (χ1n) is 18.0. The van der Waals surface area contributed by atoms with Crippen LogP contribution in [-0.2, 0) is 11.8 Å². The summed E-state index contributed by atoms with van der Waals surface area (Å²) in [4.78, 5) is 0. The van der Waals surface area contributed by atoms with E-state index in [1.165, 1.54) is 47.9 Å². The van der Waals surface area contributed by atoms with Gasteiger partial charge in [0.2, 0.25) is 0 Å². The first-order chi connectivity index (χ1) is 23.6. The lowest BCUT2D eigenvalue weighted by atomic mass is 9.62. The van der Waals surface area contributed by atoms with Gasteiger partial charge in [0.15, 0.2) is 0 Å². The molecule has 0 atom stereocenters. The molecule has 1 saturated carbocycles. The zero-order valence-corrected chi connectivity index (χ0v) is 29.9. The lowest BCUT2D eigenvalue weighted by Crippen LogP contribution is -2.33. The first-order valence-corrected chi connectivity index (χ1v) is 18.0. The summed E-state index contributed by atoms with van der Waals surface area (Å²) in [5.74, 6) is 3.98. The van der Waals surface area contributed by atoms with E-state index < -0.39 is 0 Å². The fraction of sp³-hybridized carbons (Fsp3) is 0.333. The summed E-state index contributed by atoms with van der Waals surface area (Å²) in [7, 11) is 0. The summed E-state index contributed by atoms with van der Waals surface area (Å²) in [6, 6.07) is 34.6. The minimum atomic E-state index is -0.115. The van der Waals surface area contributed by atoms with Crippen LogP contribution in [0.15, 0.2) is 97.1 Å². The molecular weight excluding hydrogens is 601 g/mol. The standard InChI is InChI=1S/C45H52N2O2/c1-6-7-8-10-34-11-9-12-36(29-34)35-21-23-45(24-22-35,37-13-17-41(30(2)25-37)48-43-19-15-39(46)27-32(43)4)38-14-18-42(31(3)26-38)49-44-20-16-40(47)28-33(44)5/h9,11-20,25-29,35H,6-8,10,21-24,46-47H2,1-5H3. The topological polar surface area (TPSA) is 70.5 Å². The highest BCUT2D eigenvalue weighted by molar-refractivity contribution is 5.53. The van der Waals surface area contributed by atoms with Gasteiger partial charge in [-0.25, -0.2) is 0 Å². The molecule has 1 aliphatic rings. The number of unbranched alkanes of at least 4 members (excludes halogenated alkanes) is 2. The molecule has 49 heavy (non-hydrogen) atoms. The number of nitrogen functional groups attached to an aromatic ring is 2. The molecule has 4 nitrogen and oxygen atoms in total. The summed E-state index contributed by atoms with van der Waals surface area (Å²) < 4.78 is 12.9. The summed E-state index contributed by atoms with van der Waals surface area (Å²) >= 11 is 0. The molecule has 1 aliphatic carbocycles. The van der Waals surface area contributed by atoms with E-state index in [-0.39, 0.29) is 5.41 Å². The molecular formula is C45H52N2O2. The van der Waals surface area contributed by atoms with Gasteiger partial charge in [0.05, 0.1) is 0 Å². The van der Waals surface area contributed by atoms with Gasteiger partial charge in [-0.15, -0.1) is 0 Å². The van der Waals surface area contributed by atoms with E-state index in [1.54, 1.807) is 0 Å². The monoisotopic (exact) mass is 652 g/mol. The maximum Gasteiger partial charge on any atom is 0.130 e. The van der Waals surface area contributed by atoms with E-state index in [4.69, 9.17) is 20.9 Å². The highest BCUT2D eigenvalue weighted by Gasteiger charge is 2.39. The number of anilines is 2. The number of rotatable bonds is 11. The van der Waals surface area contributed by atoms with Gasteiger partial charge in [-0.1, -0.05) is 68.3 Å². The van der Waals surface area contributed by atoms with Crippen molar-refractivity contribution in [2.24, 2.45) is 0 Å². The molecule has 0 aromatic heterocycles. The van der Waals surface area contributed by atoms with Crippen molar-refractivity contribution in [1.29, 1.82) is 0 Å². The van der Waals surface area contributed by atoms with E-state index >= 15 is 0 Å². The number of benzene rings is 5. The summed E-state index contributed by atoms with van der Waals surface area (Å²) in [5, 5.41) is 0. The quantitative estimate of drug-likeness (QED) is 0.110. The Kier molecular flexibility index (Phi) is 10.3. The second-order valence-electron chi connectivity index (χ2n) is 14.3. The van der Waals surface area contributed by atoms with Crippen molar-refractivity contribution in [1.82, 2.24) is 0 Å². The average Bonchev–Trinajstić information content (AvgIpc) is 3.09. The molecule has 0 spiro atoms. The van der Waals surface area contributed by atoms with Crippen LogP contribution in [0, 0.1) is 27.7 Å². The van der Waals surface area contributed by atoms with Gasteiger partial charge in [0, 0.05) is 16.8 Å². The van der Waals surface area contributed by atoms with Gasteiger partial charge >= 0.3 is 0 Å². The molecule has 6 rings (SSSR count). The van der Waals surface area contributed by atoms with Crippen molar-refractivity contribution in [2.45, 2.75) is 97.3 Å². The van der Waals surface area contributed by atoms with Gasteiger partial charge in [-0.3, -0.25) is 0 Å². The predicted octanol–water partition coefficient (Wildman–Crippen LogP) is 12.0. The summed E-state index contributed by atoms with van der Waals surface area (Å²) in [6.07, 6.45) is 9.42. The number of hydrogen-bond acceptors (Lipinski definition) is 4. The highest BCUT2D eigenvalue weighted by Crippen LogP contribution is 2.50. The first kappa shape index (κ1) is 34.2. The van der Waals surface area contributed by atoms with Crippen LogP contribution in [-0.4, -0.2) is 0 Å². The van der Waals surface area contributed by atoms with Gasteiger partial charge in [0.1, 0.15) is 23.0 Å². The van der Waals surface area contributed by atoms with Crippen LogP contribution >= 0.6 is 0 Å². The average molecular weight is 653 g/mol. The number of nitrogens with two attached hydrogens (primary N) is 2. The molecule has 0 aliphatic heterocycles. The van der Waals surface area contributed by atoms with E-state index in [2.05, 4.69) is 81.4 Å². The second-order valence-corrected chi connectivity index (χ2v) is 14.3. The maximum absolute atomic E-state index is 6.43. The Bertz CT molecular complexity index is 1810. The molecule has 254 valence electrons. The van der Waals surface area contributed by atoms with Crippen molar-refractivity contribution in [3.8, 4) is 23.0 Å². The van der Waals surface area contributed by atoms with E-state index in [1.807, 2.05) is 50.2 Å². The lowest BCUT2D eigenvalue weighted by Gasteiger charge is -2.42. The van der Waals surface area contributed by atoms with Crippen LogP contribution in [0.1, 0.15) is 102 Å². The molecule has 0 radical (unpaired) electrons. The molecule has 1 fully saturated rings. The van der Waals surface area contributed by atoms with Gasteiger partial charge < -0.3 is 20.9 Å². The second kappa shape index (κ2) is 14.8. The van der Waals surface area contributed by atoms with Crippen LogP contribution in [0.2, 0.25) is 0 Å². The lowest BCUT2D eigenvalue weighted by molar-refractivity contribution is 0.314. The van der Waals surface area contributed by atoms with Crippen molar-refractivity contribution in [3.63, 3.8) is 0 Å². The third-order valence-corrected chi connectivity index (χ3v) is 10.6.